The lowest BCUT2D eigenvalue weighted by Gasteiger charge is -2.26. The molecule has 3 rings (SSSR count). The van der Waals surface area contributed by atoms with Gasteiger partial charge in [-0.1, -0.05) is 29.3 Å². The molecule has 1 heterocycles. The van der Waals surface area contributed by atoms with E-state index in [-0.39, 0.29) is 18.3 Å². The average molecular weight is 503 g/mol. The van der Waals surface area contributed by atoms with Crippen molar-refractivity contribution in [3.63, 3.8) is 0 Å². The number of furan rings is 1. The van der Waals surface area contributed by atoms with Gasteiger partial charge in [-0.15, -0.1) is 0 Å². The first-order valence-electron chi connectivity index (χ1n) is 9.92. The predicted octanol–water partition coefficient (Wildman–Crippen LogP) is 5.88. The van der Waals surface area contributed by atoms with E-state index in [4.69, 9.17) is 44.6 Å². The first-order chi connectivity index (χ1) is 15.9. The molecular weight excluding hydrogens is 483 g/mol. The zero-order chi connectivity index (χ0) is 23.8. The van der Waals surface area contributed by atoms with E-state index in [0.29, 0.717) is 27.1 Å². The number of hydrogen-bond donors (Lipinski definition) is 1. The maximum atomic E-state index is 12.4. The van der Waals surface area contributed by atoms with Crippen LogP contribution in [0.25, 0.3) is 6.08 Å². The molecule has 0 fully saturated rings. The topological polar surface area (TPSA) is 71.8 Å². The zero-order valence-corrected chi connectivity index (χ0v) is 19.9. The van der Waals surface area contributed by atoms with Gasteiger partial charge in [-0.05, 0) is 79.3 Å². The maximum Gasteiger partial charge on any atom is 0.338 e. The van der Waals surface area contributed by atoms with E-state index in [1.54, 1.807) is 66.4 Å². The van der Waals surface area contributed by atoms with Crippen LogP contribution in [0.15, 0.2) is 71.4 Å². The van der Waals surface area contributed by atoms with Crippen LogP contribution in [0.4, 0.5) is 5.69 Å². The molecule has 1 N–H and O–H groups in total. The smallest absolute Gasteiger partial charge is 0.338 e. The molecule has 6 nitrogen and oxygen atoms in total. The highest BCUT2D eigenvalue weighted by Crippen LogP contribution is 2.25. The van der Waals surface area contributed by atoms with Crippen molar-refractivity contribution in [1.29, 1.82) is 0 Å². The van der Waals surface area contributed by atoms with E-state index in [2.05, 4.69) is 5.32 Å². The number of amides is 1. The first-order valence-corrected chi connectivity index (χ1v) is 11.1. The van der Waals surface area contributed by atoms with Crippen LogP contribution in [0.5, 0.6) is 0 Å². The Balaban J connectivity index is 1.83. The number of nitrogens with zero attached hydrogens (tertiary/aromatic N) is 1. The summed E-state index contributed by atoms with van der Waals surface area (Å²) >= 11 is 17.9. The number of anilines is 1. The third-order valence-corrected chi connectivity index (χ3v) is 5.36. The second kappa shape index (κ2) is 11.7. The van der Waals surface area contributed by atoms with Crippen molar-refractivity contribution in [2.75, 3.05) is 11.5 Å². The normalized spacial score (nSPS) is 10.8. The van der Waals surface area contributed by atoms with Crippen LogP contribution in [0.3, 0.4) is 0 Å². The van der Waals surface area contributed by atoms with Crippen molar-refractivity contribution in [3.8, 4) is 0 Å². The summed E-state index contributed by atoms with van der Waals surface area (Å²) in [6.07, 6.45) is 4.37. The molecular formula is C24H20Cl2N2O4S. The molecule has 0 aliphatic heterocycles. The van der Waals surface area contributed by atoms with Crippen molar-refractivity contribution in [3.05, 3.63) is 93.9 Å². The number of hydrogen-bond acceptors (Lipinski definition) is 5. The highest BCUT2D eigenvalue weighted by atomic mass is 35.5. The number of carbonyl (C=O) groups is 2. The Labute approximate surface area is 206 Å². The lowest BCUT2D eigenvalue weighted by Crippen LogP contribution is -2.42. The van der Waals surface area contributed by atoms with Gasteiger partial charge in [0.2, 0.25) is 5.91 Å². The number of halogens is 2. The van der Waals surface area contributed by atoms with Crippen LogP contribution in [-0.2, 0) is 16.1 Å². The molecule has 1 aromatic heterocycles. The molecule has 0 unspecified atom stereocenters. The third kappa shape index (κ3) is 6.92. The summed E-state index contributed by atoms with van der Waals surface area (Å²) in [6, 6.07) is 15.3. The average Bonchev–Trinajstić information content (AvgIpc) is 3.31. The molecule has 3 aromatic rings. The Hall–Kier alpha value is -3.13. The Bertz CT molecular complexity index is 1160. The van der Waals surface area contributed by atoms with E-state index in [0.717, 1.165) is 5.56 Å². The number of rotatable bonds is 7. The largest absolute Gasteiger partial charge is 0.465 e. The van der Waals surface area contributed by atoms with Crippen LogP contribution >= 0.6 is 35.4 Å². The minimum absolute atomic E-state index is 0.152. The van der Waals surface area contributed by atoms with Gasteiger partial charge in [0.15, 0.2) is 5.11 Å². The standard InChI is InChI=1S/C24H20Cl2N2O4S/c1-2-31-23(30)16-6-9-19(10-7-16)28(15-17-5-8-18(25)14-21(17)26)24(33)27-22(29)12-11-20-4-3-13-32-20/h3-14H,2,15H2,1H3,(H,27,29,33)/b12-11+. The monoisotopic (exact) mass is 502 g/mol. The van der Waals surface area contributed by atoms with E-state index in [1.807, 2.05) is 0 Å². The highest BCUT2D eigenvalue weighted by molar-refractivity contribution is 7.80. The van der Waals surface area contributed by atoms with E-state index in [1.165, 1.54) is 18.4 Å². The van der Waals surface area contributed by atoms with Crippen molar-refractivity contribution in [2.45, 2.75) is 13.5 Å². The van der Waals surface area contributed by atoms with Gasteiger partial charge in [0.25, 0.3) is 0 Å². The molecule has 0 aliphatic rings. The summed E-state index contributed by atoms with van der Waals surface area (Å²) in [4.78, 5) is 26.1. The molecule has 2 aromatic carbocycles. The summed E-state index contributed by atoms with van der Waals surface area (Å²) in [7, 11) is 0. The van der Waals surface area contributed by atoms with E-state index in [9.17, 15) is 9.59 Å². The molecule has 0 atom stereocenters. The molecule has 0 saturated heterocycles. The van der Waals surface area contributed by atoms with Gasteiger partial charge in [-0.25, -0.2) is 4.79 Å². The van der Waals surface area contributed by atoms with Gasteiger partial charge in [0.05, 0.1) is 25.0 Å². The van der Waals surface area contributed by atoms with Crippen molar-refractivity contribution in [2.24, 2.45) is 0 Å². The van der Waals surface area contributed by atoms with Crippen molar-refractivity contribution >= 4 is 64.2 Å². The summed E-state index contributed by atoms with van der Waals surface area (Å²) in [5.41, 5.74) is 1.80. The number of thiocarbonyl (C=S) groups is 1. The zero-order valence-electron chi connectivity index (χ0n) is 17.6. The predicted molar refractivity (Wildman–Crippen MR) is 134 cm³/mol. The first kappa shape index (κ1) is 24.5. The lowest BCUT2D eigenvalue weighted by atomic mass is 10.1. The number of ether oxygens (including phenoxy) is 1. The Kier molecular flexibility index (Phi) is 8.65. The molecule has 0 radical (unpaired) electrons. The number of nitrogens with one attached hydrogen (secondary N) is 1. The van der Waals surface area contributed by atoms with Crippen LogP contribution in [0.1, 0.15) is 28.6 Å². The van der Waals surface area contributed by atoms with Crippen LogP contribution in [0, 0.1) is 0 Å². The van der Waals surface area contributed by atoms with Gasteiger partial charge < -0.3 is 14.1 Å². The Morgan fingerprint density at radius 2 is 1.91 bits per heavy atom. The lowest BCUT2D eigenvalue weighted by molar-refractivity contribution is -0.115. The number of esters is 1. The maximum absolute atomic E-state index is 12.4. The van der Waals surface area contributed by atoms with Gasteiger partial charge in [-0.3, -0.25) is 10.1 Å². The molecule has 9 heteroatoms. The molecule has 0 aliphatic carbocycles. The van der Waals surface area contributed by atoms with Crippen molar-refractivity contribution in [1.82, 2.24) is 5.32 Å². The summed E-state index contributed by atoms with van der Waals surface area (Å²) in [5, 5.41) is 3.80. The quantitative estimate of drug-likeness (QED) is 0.247. The van der Waals surface area contributed by atoms with Gasteiger partial charge in [0.1, 0.15) is 5.76 Å². The summed E-state index contributed by atoms with van der Waals surface area (Å²) in [6.45, 7) is 2.28. The van der Waals surface area contributed by atoms with Crippen LogP contribution in [-0.4, -0.2) is 23.6 Å². The van der Waals surface area contributed by atoms with Gasteiger partial charge >= 0.3 is 5.97 Å². The fraction of sp³-hybridized carbons (Fsp3) is 0.125. The molecule has 0 saturated carbocycles. The highest BCUT2D eigenvalue weighted by Gasteiger charge is 2.17. The SMILES string of the molecule is CCOC(=O)c1ccc(N(Cc2ccc(Cl)cc2Cl)C(=S)NC(=O)/C=C/c2ccco2)cc1. The fourth-order valence-electron chi connectivity index (χ4n) is 2.85. The second-order valence-corrected chi connectivity index (χ2v) is 7.96. The van der Waals surface area contributed by atoms with Crippen LogP contribution < -0.4 is 10.2 Å². The fourth-order valence-corrected chi connectivity index (χ4v) is 3.59. The summed E-state index contributed by atoms with van der Waals surface area (Å²) in [5.74, 6) is -0.308. The van der Waals surface area contributed by atoms with E-state index >= 15 is 0 Å². The molecule has 1 amide bonds. The third-order valence-electron chi connectivity index (χ3n) is 4.45. The number of carbonyl (C=O) groups excluding carboxylic acids is 2. The van der Waals surface area contributed by atoms with Crippen molar-refractivity contribution < 1.29 is 18.7 Å². The summed E-state index contributed by atoms with van der Waals surface area (Å²) < 4.78 is 10.2. The minimum atomic E-state index is -0.424. The second-order valence-electron chi connectivity index (χ2n) is 6.73. The molecule has 0 bridgehead atoms. The Morgan fingerprint density at radius 1 is 1.15 bits per heavy atom. The minimum Gasteiger partial charge on any atom is -0.465 e. The Morgan fingerprint density at radius 3 is 2.55 bits per heavy atom. The molecule has 0 spiro atoms. The molecule has 33 heavy (non-hydrogen) atoms. The van der Waals surface area contributed by atoms with E-state index < -0.39 is 11.9 Å². The number of benzene rings is 2. The van der Waals surface area contributed by atoms with Crippen LogP contribution in [0.2, 0.25) is 10.0 Å². The van der Waals surface area contributed by atoms with Gasteiger partial charge in [0, 0.05) is 21.8 Å². The van der Waals surface area contributed by atoms with Gasteiger partial charge in [-0.2, -0.15) is 0 Å². The molecule has 170 valence electrons.